The third-order valence-corrected chi connectivity index (χ3v) is 4.71. The first-order valence-electron chi connectivity index (χ1n) is 5.04. The molecule has 2 rings (SSSR count). The lowest BCUT2D eigenvalue weighted by Gasteiger charge is -2.14. The van der Waals surface area contributed by atoms with Crippen LogP contribution in [-0.2, 0) is 23.6 Å². The Bertz CT molecular complexity index is 634. The molecule has 2 aromatic heterocycles. The Kier molecular flexibility index (Phi) is 3.42. The van der Waals surface area contributed by atoms with Gasteiger partial charge in [-0.1, -0.05) is 11.6 Å². The summed E-state index contributed by atoms with van der Waals surface area (Å²) in [7, 11) is -0.642. The number of aromatic nitrogens is 4. The van der Waals surface area contributed by atoms with Gasteiger partial charge in [-0.15, -0.1) is 0 Å². The fourth-order valence-electron chi connectivity index (χ4n) is 1.39. The number of H-pyrrole nitrogens is 1. The zero-order chi connectivity index (χ0) is 13.3. The van der Waals surface area contributed by atoms with Crippen molar-refractivity contribution in [2.45, 2.75) is 11.6 Å². The number of aryl methyl sites for hydroxylation is 1. The number of nitrogens with zero attached hydrogens (tertiary/aromatic N) is 4. The van der Waals surface area contributed by atoms with Crippen molar-refractivity contribution in [3.05, 3.63) is 29.7 Å². The van der Waals surface area contributed by atoms with E-state index in [1.807, 2.05) is 0 Å². The van der Waals surface area contributed by atoms with Gasteiger partial charge in [-0.25, -0.2) is 18.4 Å². The molecule has 2 heterocycles. The minimum absolute atomic E-state index is 0.0845. The van der Waals surface area contributed by atoms with Crippen LogP contribution in [0.5, 0.6) is 0 Å². The second kappa shape index (κ2) is 4.71. The van der Waals surface area contributed by atoms with Crippen molar-refractivity contribution in [3.8, 4) is 0 Å². The van der Waals surface area contributed by atoms with Gasteiger partial charge in [0, 0.05) is 26.5 Å². The molecule has 9 heteroatoms. The van der Waals surface area contributed by atoms with Crippen molar-refractivity contribution in [1.82, 2.24) is 23.8 Å². The van der Waals surface area contributed by atoms with Gasteiger partial charge < -0.3 is 9.55 Å². The summed E-state index contributed by atoms with van der Waals surface area (Å²) in [5.41, 5.74) is 0. The van der Waals surface area contributed by atoms with Crippen LogP contribution in [0.2, 0.25) is 5.15 Å². The predicted octanol–water partition coefficient (Wildman–Crippen LogP) is 0.617. The lowest BCUT2D eigenvalue weighted by molar-refractivity contribution is 0.456. The van der Waals surface area contributed by atoms with Crippen LogP contribution in [0.4, 0.5) is 0 Å². The number of aromatic amines is 1. The van der Waals surface area contributed by atoms with Gasteiger partial charge in [-0.2, -0.15) is 4.31 Å². The molecule has 0 amide bonds. The Balaban J connectivity index is 2.28. The number of hydrogen-bond acceptors (Lipinski definition) is 4. The van der Waals surface area contributed by atoms with Gasteiger partial charge in [0.25, 0.3) is 10.0 Å². The summed E-state index contributed by atoms with van der Waals surface area (Å²) in [5.74, 6) is 0.549. The van der Waals surface area contributed by atoms with E-state index in [1.54, 1.807) is 19.4 Å². The van der Waals surface area contributed by atoms with Crippen LogP contribution in [0, 0.1) is 0 Å². The molecule has 0 fully saturated rings. The lowest BCUT2D eigenvalue weighted by Crippen LogP contribution is -2.27. The normalized spacial score (nSPS) is 12.2. The van der Waals surface area contributed by atoms with E-state index in [2.05, 4.69) is 15.0 Å². The van der Waals surface area contributed by atoms with Gasteiger partial charge in [0.05, 0.1) is 12.9 Å². The van der Waals surface area contributed by atoms with Gasteiger partial charge in [-0.05, 0) is 0 Å². The zero-order valence-electron chi connectivity index (χ0n) is 9.83. The van der Waals surface area contributed by atoms with Crippen molar-refractivity contribution < 1.29 is 8.42 Å². The highest BCUT2D eigenvalue weighted by molar-refractivity contribution is 7.89. The molecule has 2 aromatic rings. The maximum atomic E-state index is 12.2. The van der Waals surface area contributed by atoms with E-state index < -0.39 is 10.0 Å². The first kappa shape index (κ1) is 13.1. The Labute approximate surface area is 109 Å². The molecule has 0 atom stereocenters. The highest BCUT2D eigenvalue weighted by atomic mass is 35.5. The topological polar surface area (TPSA) is 83.9 Å². The van der Waals surface area contributed by atoms with Crippen molar-refractivity contribution in [3.63, 3.8) is 0 Å². The molecule has 0 aliphatic rings. The summed E-state index contributed by atoms with van der Waals surface area (Å²) in [4.78, 5) is 10.6. The van der Waals surface area contributed by atoms with Gasteiger partial charge >= 0.3 is 0 Å². The number of sulfonamides is 1. The van der Waals surface area contributed by atoms with E-state index in [-0.39, 0.29) is 16.7 Å². The summed E-state index contributed by atoms with van der Waals surface area (Å²) in [5, 5.41) is -0.0676. The van der Waals surface area contributed by atoms with E-state index in [0.29, 0.717) is 5.82 Å². The van der Waals surface area contributed by atoms with Crippen molar-refractivity contribution in [2.24, 2.45) is 7.05 Å². The fourth-order valence-corrected chi connectivity index (χ4v) is 2.90. The molecular formula is C9H12ClN5O2S. The first-order valence-corrected chi connectivity index (χ1v) is 6.86. The minimum Gasteiger partial charge on any atom is -0.347 e. The molecule has 0 saturated carbocycles. The molecule has 0 unspecified atom stereocenters. The standard InChI is InChI=1S/C9H12ClN5O2S/c1-14-6-13-9(8(14)10)18(16,17)15(2)5-7-11-3-4-12-7/h3-4,6H,5H2,1-2H3,(H,11,12). The fraction of sp³-hybridized carbons (Fsp3) is 0.333. The third kappa shape index (κ3) is 2.26. The number of hydrogen-bond donors (Lipinski definition) is 1. The zero-order valence-corrected chi connectivity index (χ0v) is 11.4. The molecule has 0 aliphatic heterocycles. The maximum Gasteiger partial charge on any atom is 0.263 e. The second-order valence-electron chi connectivity index (χ2n) is 3.75. The molecule has 98 valence electrons. The molecule has 0 spiro atoms. The quantitative estimate of drug-likeness (QED) is 0.894. The SMILES string of the molecule is CN(Cc1ncc[nH]1)S(=O)(=O)c1ncn(C)c1Cl. The van der Waals surface area contributed by atoms with E-state index in [1.165, 1.54) is 17.9 Å². The Morgan fingerprint density at radius 2 is 2.22 bits per heavy atom. The Morgan fingerprint density at radius 3 is 2.72 bits per heavy atom. The van der Waals surface area contributed by atoms with E-state index in [4.69, 9.17) is 11.6 Å². The molecule has 0 saturated heterocycles. The van der Waals surface area contributed by atoms with Crippen LogP contribution in [0.25, 0.3) is 0 Å². The van der Waals surface area contributed by atoms with Crippen LogP contribution >= 0.6 is 11.6 Å². The maximum absolute atomic E-state index is 12.2. The number of halogens is 1. The molecule has 7 nitrogen and oxygen atoms in total. The second-order valence-corrected chi connectivity index (χ2v) is 6.07. The molecule has 0 aromatic carbocycles. The average Bonchev–Trinajstić information content (AvgIpc) is 2.91. The van der Waals surface area contributed by atoms with Gasteiger partial charge in [0.1, 0.15) is 11.0 Å². The summed E-state index contributed by atoms with van der Waals surface area (Å²) < 4.78 is 27.0. The predicted molar refractivity (Wildman–Crippen MR) is 65.5 cm³/mol. The van der Waals surface area contributed by atoms with E-state index in [0.717, 1.165) is 4.31 Å². The van der Waals surface area contributed by atoms with Gasteiger partial charge in [0.2, 0.25) is 5.03 Å². The van der Waals surface area contributed by atoms with E-state index in [9.17, 15) is 8.42 Å². The number of rotatable bonds is 4. The van der Waals surface area contributed by atoms with Crippen LogP contribution in [0.3, 0.4) is 0 Å². The van der Waals surface area contributed by atoms with Crippen LogP contribution in [0.1, 0.15) is 5.82 Å². The monoisotopic (exact) mass is 289 g/mol. The van der Waals surface area contributed by atoms with Crippen molar-refractivity contribution in [2.75, 3.05) is 7.05 Å². The highest BCUT2D eigenvalue weighted by Crippen LogP contribution is 2.22. The molecule has 0 aliphatic carbocycles. The van der Waals surface area contributed by atoms with Gasteiger partial charge in [-0.3, -0.25) is 0 Å². The van der Waals surface area contributed by atoms with Crippen LogP contribution in [-0.4, -0.2) is 39.3 Å². The molecule has 0 bridgehead atoms. The van der Waals surface area contributed by atoms with Crippen molar-refractivity contribution in [1.29, 1.82) is 0 Å². The van der Waals surface area contributed by atoms with Crippen LogP contribution < -0.4 is 0 Å². The molecule has 1 N–H and O–H groups in total. The first-order chi connectivity index (χ1) is 8.43. The minimum atomic E-state index is -3.72. The Hall–Kier alpha value is -1.38. The largest absolute Gasteiger partial charge is 0.347 e. The number of imidazole rings is 2. The molecule has 0 radical (unpaired) electrons. The smallest absolute Gasteiger partial charge is 0.263 e. The summed E-state index contributed by atoms with van der Waals surface area (Å²) in [6, 6.07) is 0. The number of nitrogens with one attached hydrogen (secondary N) is 1. The van der Waals surface area contributed by atoms with Crippen LogP contribution in [0.15, 0.2) is 23.7 Å². The summed E-state index contributed by atoms with van der Waals surface area (Å²) in [6.07, 6.45) is 4.54. The molecule has 18 heavy (non-hydrogen) atoms. The highest BCUT2D eigenvalue weighted by Gasteiger charge is 2.27. The Morgan fingerprint density at radius 1 is 1.50 bits per heavy atom. The summed E-state index contributed by atoms with van der Waals surface area (Å²) >= 11 is 5.89. The van der Waals surface area contributed by atoms with E-state index >= 15 is 0 Å². The third-order valence-electron chi connectivity index (χ3n) is 2.42. The summed E-state index contributed by atoms with van der Waals surface area (Å²) in [6.45, 7) is 0.127. The van der Waals surface area contributed by atoms with Crippen molar-refractivity contribution >= 4 is 21.6 Å². The average molecular weight is 290 g/mol. The lowest BCUT2D eigenvalue weighted by atomic mass is 10.6. The molecular weight excluding hydrogens is 278 g/mol. The van der Waals surface area contributed by atoms with Gasteiger partial charge in [0.15, 0.2) is 0 Å².